The molecule has 0 bridgehead atoms. The van der Waals surface area contributed by atoms with Crippen molar-refractivity contribution in [3.05, 3.63) is 12.5 Å². The molecule has 7 heteroatoms. The van der Waals surface area contributed by atoms with Crippen LogP contribution in [0.25, 0.3) is 0 Å². The number of imidazole rings is 1. The third kappa shape index (κ3) is 3.43. The highest BCUT2D eigenvalue weighted by Gasteiger charge is 2.31. The lowest BCUT2D eigenvalue weighted by molar-refractivity contribution is 0.444. The molecule has 0 radical (unpaired) electrons. The smallest absolute Gasteiger partial charge is 0.260 e. The molecule has 5 nitrogen and oxygen atoms in total. The molecule has 0 fully saturated rings. The Hall–Kier alpha value is -0.590. The Kier molecular flexibility index (Phi) is 4.22. The van der Waals surface area contributed by atoms with Gasteiger partial charge in [-0.25, -0.2) is 18.1 Å². The molecule has 0 saturated carbocycles. The van der Waals surface area contributed by atoms with Crippen LogP contribution in [0.3, 0.4) is 0 Å². The second-order valence-electron chi connectivity index (χ2n) is 4.49. The van der Waals surface area contributed by atoms with Crippen LogP contribution >= 0.6 is 11.6 Å². The summed E-state index contributed by atoms with van der Waals surface area (Å²) in [6.07, 6.45) is 2.99. The molecule has 1 N–H and O–H groups in total. The van der Waals surface area contributed by atoms with E-state index < -0.39 is 15.6 Å². The Labute approximate surface area is 107 Å². The zero-order valence-corrected chi connectivity index (χ0v) is 12.0. The molecule has 0 aromatic carbocycles. The molecule has 1 aromatic heterocycles. The molecule has 17 heavy (non-hydrogen) atoms. The summed E-state index contributed by atoms with van der Waals surface area (Å²) in [6.45, 7) is 7.81. The van der Waals surface area contributed by atoms with Gasteiger partial charge in [0.25, 0.3) is 10.0 Å². The second kappa shape index (κ2) is 4.96. The van der Waals surface area contributed by atoms with Crippen molar-refractivity contribution in [3.63, 3.8) is 0 Å². The number of rotatable bonds is 5. The lowest BCUT2D eigenvalue weighted by Crippen LogP contribution is -2.48. The second-order valence-corrected chi connectivity index (χ2v) is 6.77. The summed E-state index contributed by atoms with van der Waals surface area (Å²) >= 11 is 5.94. The minimum Gasteiger partial charge on any atom is -0.336 e. The van der Waals surface area contributed by atoms with Gasteiger partial charge in [0.2, 0.25) is 0 Å². The van der Waals surface area contributed by atoms with Crippen molar-refractivity contribution in [2.24, 2.45) is 0 Å². The van der Waals surface area contributed by atoms with Crippen LogP contribution in [-0.4, -0.2) is 28.9 Å². The van der Waals surface area contributed by atoms with Crippen LogP contribution in [0.1, 0.15) is 27.7 Å². The van der Waals surface area contributed by atoms with Gasteiger partial charge >= 0.3 is 0 Å². The highest BCUT2D eigenvalue weighted by atomic mass is 35.5. The molecule has 0 amide bonds. The van der Waals surface area contributed by atoms with Gasteiger partial charge in [0.05, 0.1) is 6.33 Å². The minimum atomic E-state index is -3.62. The number of aryl methyl sites for hydroxylation is 1. The summed E-state index contributed by atoms with van der Waals surface area (Å²) in [4.78, 5) is 3.87. The maximum Gasteiger partial charge on any atom is 0.260 e. The van der Waals surface area contributed by atoms with Crippen LogP contribution in [0, 0.1) is 0 Å². The number of sulfonamides is 1. The largest absolute Gasteiger partial charge is 0.336 e. The van der Waals surface area contributed by atoms with Crippen LogP contribution < -0.4 is 4.72 Å². The molecule has 98 valence electrons. The van der Waals surface area contributed by atoms with E-state index in [4.69, 9.17) is 11.6 Å². The summed E-state index contributed by atoms with van der Waals surface area (Å²) in [5.74, 6) is 0. The van der Waals surface area contributed by atoms with Crippen LogP contribution in [0.15, 0.2) is 17.6 Å². The van der Waals surface area contributed by atoms with E-state index in [2.05, 4.69) is 9.71 Å². The average Bonchev–Trinajstić information content (AvgIpc) is 2.64. The molecule has 0 aliphatic rings. The maximum absolute atomic E-state index is 12.0. The zero-order valence-electron chi connectivity index (χ0n) is 10.4. The van der Waals surface area contributed by atoms with Crippen LogP contribution in [-0.2, 0) is 16.6 Å². The molecular weight excluding hydrogens is 262 g/mol. The van der Waals surface area contributed by atoms with Crippen molar-refractivity contribution < 1.29 is 8.42 Å². The van der Waals surface area contributed by atoms with Crippen molar-refractivity contribution in [1.82, 2.24) is 14.3 Å². The third-order valence-electron chi connectivity index (χ3n) is 2.64. The Morgan fingerprint density at radius 3 is 2.59 bits per heavy atom. The average molecular weight is 280 g/mol. The lowest BCUT2D eigenvalue weighted by Gasteiger charge is -2.27. The number of nitrogens with zero attached hydrogens (tertiary/aromatic N) is 2. The zero-order chi connectivity index (χ0) is 13.3. The van der Waals surface area contributed by atoms with Gasteiger partial charge in [0.1, 0.15) is 0 Å². The molecule has 1 atom stereocenters. The summed E-state index contributed by atoms with van der Waals surface area (Å²) in [6, 6.07) is 0. The predicted octanol–water partition coefficient (Wildman–Crippen LogP) is 1.59. The predicted molar refractivity (Wildman–Crippen MR) is 67.6 cm³/mol. The fourth-order valence-electron chi connectivity index (χ4n) is 1.13. The van der Waals surface area contributed by atoms with Crippen molar-refractivity contribution >= 4 is 21.6 Å². The summed E-state index contributed by atoms with van der Waals surface area (Å²) in [7, 11) is -3.62. The fourth-order valence-corrected chi connectivity index (χ4v) is 2.68. The van der Waals surface area contributed by atoms with Gasteiger partial charge < -0.3 is 4.57 Å². The summed E-state index contributed by atoms with van der Waals surface area (Å²) in [5, 5.41) is -0.310. The summed E-state index contributed by atoms with van der Waals surface area (Å²) < 4.78 is 28.3. The summed E-state index contributed by atoms with van der Waals surface area (Å²) in [5.41, 5.74) is -0.726. The minimum absolute atomic E-state index is 0.0183. The molecule has 0 saturated heterocycles. The van der Waals surface area contributed by atoms with E-state index in [-0.39, 0.29) is 10.4 Å². The monoisotopic (exact) mass is 279 g/mol. The van der Waals surface area contributed by atoms with E-state index in [1.54, 1.807) is 25.3 Å². The van der Waals surface area contributed by atoms with Crippen LogP contribution in [0.2, 0.25) is 0 Å². The fraction of sp³-hybridized carbons (Fsp3) is 0.700. The van der Waals surface area contributed by atoms with Gasteiger partial charge in [-0.1, -0.05) is 0 Å². The first-order valence-electron chi connectivity index (χ1n) is 5.39. The van der Waals surface area contributed by atoms with E-state index in [1.807, 2.05) is 6.92 Å². The van der Waals surface area contributed by atoms with Gasteiger partial charge in [0, 0.05) is 23.7 Å². The number of alkyl halides is 1. The number of nitrogens with one attached hydrogen (secondary N) is 1. The molecule has 1 rings (SSSR count). The van der Waals surface area contributed by atoms with Gasteiger partial charge in [0.15, 0.2) is 5.03 Å². The number of hydrogen-bond donors (Lipinski definition) is 1. The van der Waals surface area contributed by atoms with Crippen molar-refractivity contribution in [3.8, 4) is 0 Å². The quantitative estimate of drug-likeness (QED) is 0.833. The first-order chi connectivity index (χ1) is 7.69. The van der Waals surface area contributed by atoms with E-state index in [9.17, 15) is 8.42 Å². The van der Waals surface area contributed by atoms with Crippen molar-refractivity contribution in [1.29, 1.82) is 0 Å². The molecule has 0 aliphatic heterocycles. The Morgan fingerprint density at radius 2 is 2.18 bits per heavy atom. The molecule has 1 unspecified atom stereocenters. The normalized spacial score (nSPS) is 14.9. The number of aromatic nitrogens is 2. The Balaban J connectivity index is 2.97. The Bertz CT molecular complexity index is 479. The topological polar surface area (TPSA) is 64.0 Å². The van der Waals surface area contributed by atoms with Gasteiger partial charge in [-0.05, 0) is 27.7 Å². The van der Waals surface area contributed by atoms with Gasteiger partial charge in [-0.3, -0.25) is 0 Å². The molecule has 1 heterocycles. The lowest BCUT2D eigenvalue weighted by atomic mass is 10.0. The van der Waals surface area contributed by atoms with E-state index in [1.165, 1.54) is 12.5 Å². The molecule has 0 spiro atoms. The highest BCUT2D eigenvalue weighted by Crippen LogP contribution is 2.18. The first kappa shape index (κ1) is 14.5. The maximum atomic E-state index is 12.0. The van der Waals surface area contributed by atoms with Gasteiger partial charge in [-0.2, -0.15) is 0 Å². The third-order valence-corrected chi connectivity index (χ3v) is 4.74. The van der Waals surface area contributed by atoms with Crippen molar-refractivity contribution in [2.75, 3.05) is 0 Å². The number of hydrogen-bond acceptors (Lipinski definition) is 3. The van der Waals surface area contributed by atoms with Crippen LogP contribution in [0.5, 0.6) is 0 Å². The standard InChI is InChI=1S/C10H18ClN3O2S/c1-5-14-6-9(12-7-14)17(15,16)13-10(3,4)8(2)11/h6-8,13H,5H2,1-4H3. The van der Waals surface area contributed by atoms with E-state index >= 15 is 0 Å². The number of halogens is 1. The van der Waals surface area contributed by atoms with Crippen LogP contribution in [0.4, 0.5) is 0 Å². The first-order valence-corrected chi connectivity index (χ1v) is 7.31. The van der Waals surface area contributed by atoms with E-state index in [0.29, 0.717) is 6.54 Å². The Morgan fingerprint density at radius 1 is 1.59 bits per heavy atom. The highest BCUT2D eigenvalue weighted by molar-refractivity contribution is 7.89. The van der Waals surface area contributed by atoms with Crippen molar-refractivity contribution in [2.45, 2.75) is 50.2 Å². The van der Waals surface area contributed by atoms with E-state index in [0.717, 1.165) is 0 Å². The molecule has 0 aliphatic carbocycles. The van der Waals surface area contributed by atoms with Gasteiger partial charge in [-0.15, -0.1) is 11.6 Å². The molecular formula is C10H18ClN3O2S. The molecule has 1 aromatic rings. The SMILES string of the molecule is CCn1cnc(S(=O)(=O)NC(C)(C)C(C)Cl)c1.